The zero-order valence-electron chi connectivity index (χ0n) is 20.6. The number of nitrogens with two attached hydrogens (primary N) is 1. The van der Waals surface area contributed by atoms with Crippen molar-refractivity contribution in [2.24, 2.45) is 16.8 Å². The molecule has 35 heavy (non-hydrogen) atoms. The number of hydrogen-bond acceptors (Lipinski definition) is 6. The van der Waals surface area contributed by atoms with Crippen molar-refractivity contribution in [3.8, 4) is 5.75 Å². The molecule has 0 radical (unpaired) electrons. The summed E-state index contributed by atoms with van der Waals surface area (Å²) in [5, 5.41) is 4.90. The van der Waals surface area contributed by atoms with E-state index in [1.807, 2.05) is 48.5 Å². The highest BCUT2D eigenvalue weighted by atomic mass is 35.5. The lowest BCUT2D eigenvalue weighted by molar-refractivity contribution is 0.0539. The van der Waals surface area contributed by atoms with Gasteiger partial charge in [-0.3, -0.25) is 4.90 Å². The molecule has 1 aliphatic heterocycles. The predicted molar refractivity (Wildman–Crippen MR) is 139 cm³/mol. The molecule has 2 N–H and O–H groups in total. The summed E-state index contributed by atoms with van der Waals surface area (Å²) >= 11 is 6.03. The van der Waals surface area contributed by atoms with Crippen molar-refractivity contribution < 1.29 is 19.1 Å². The average molecular weight is 502 g/mol. The molecule has 0 unspecified atom stereocenters. The van der Waals surface area contributed by atoms with Crippen LogP contribution in [-0.2, 0) is 9.57 Å². The highest BCUT2D eigenvalue weighted by molar-refractivity contribution is 6.30. The first-order chi connectivity index (χ1) is 17.0. The summed E-state index contributed by atoms with van der Waals surface area (Å²) in [6.45, 7) is 5.45. The predicted octanol–water partition coefficient (Wildman–Crippen LogP) is 5.48. The monoisotopic (exact) mass is 501 g/mol. The lowest BCUT2D eigenvalue weighted by Crippen LogP contribution is -2.41. The Morgan fingerprint density at radius 1 is 1.17 bits per heavy atom. The number of carbonyl (C=O) groups is 1. The SMILES string of the molecule is CCCC[C@@H](CN1CCC(COc2cccc(/C(=N/OC)c3ccc(Cl)cc3)c2)CC1)OC(N)=O. The minimum absolute atomic E-state index is 0.133. The van der Waals surface area contributed by atoms with E-state index in [0.717, 1.165) is 74.3 Å². The Morgan fingerprint density at radius 3 is 2.57 bits per heavy atom. The van der Waals surface area contributed by atoms with Crippen LogP contribution in [-0.4, -0.2) is 56.2 Å². The Morgan fingerprint density at radius 2 is 1.91 bits per heavy atom. The van der Waals surface area contributed by atoms with E-state index in [2.05, 4.69) is 17.0 Å². The molecular formula is C27H36ClN3O4. The Balaban J connectivity index is 1.53. The topological polar surface area (TPSA) is 86.4 Å². The Kier molecular flexibility index (Phi) is 10.7. The molecule has 1 heterocycles. The van der Waals surface area contributed by atoms with Crippen LogP contribution in [0.5, 0.6) is 5.75 Å². The maximum absolute atomic E-state index is 11.2. The second-order valence-electron chi connectivity index (χ2n) is 8.91. The van der Waals surface area contributed by atoms with Gasteiger partial charge >= 0.3 is 6.09 Å². The number of oxime groups is 1. The molecule has 2 aromatic carbocycles. The van der Waals surface area contributed by atoms with Gasteiger partial charge < -0.3 is 20.0 Å². The molecule has 190 valence electrons. The van der Waals surface area contributed by atoms with E-state index in [9.17, 15) is 4.79 Å². The van der Waals surface area contributed by atoms with E-state index in [-0.39, 0.29) is 6.10 Å². The van der Waals surface area contributed by atoms with Crippen LogP contribution in [0.15, 0.2) is 53.7 Å². The third kappa shape index (κ3) is 8.75. The third-order valence-corrected chi connectivity index (χ3v) is 6.48. The molecule has 3 rings (SSSR count). The fourth-order valence-electron chi connectivity index (χ4n) is 4.33. The summed E-state index contributed by atoms with van der Waals surface area (Å²) in [5.74, 6) is 1.28. The number of piperidine rings is 1. The van der Waals surface area contributed by atoms with E-state index in [1.54, 1.807) is 0 Å². The number of halogens is 1. The van der Waals surface area contributed by atoms with Gasteiger partial charge in [0, 0.05) is 22.7 Å². The molecule has 1 amide bonds. The number of benzene rings is 2. The number of unbranched alkanes of at least 4 members (excludes halogenated alkanes) is 1. The van der Waals surface area contributed by atoms with Crippen molar-refractivity contribution in [1.29, 1.82) is 0 Å². The maximum Gasteiger partial charge on any atom is 0.404 e. The summed E-state index contributed by atoms with van der Waals surface area (Å²) in [6, 6.07) is 15.4. The van der Waals surface area contributed by atoms with E-state index < -0.39 is 6.09 Å². The first-order valence-electron chi connectivity index (χ1n) is 12.3. The van der Waals surface area contributed by atoms with Gasteiger partial charge in [0.2, 0.25) is 0 Å². The molecule has 1 atom stereocenters. The van der Waals surface area contributed by atoms with Gasteiger partial charge in [0.1, 0.15) is 24.7 Å². The number of amides is 1. The molecule has 0 aromatic heterocycles. The first kappa shape index (κ1) is 26.8. The van der Waals surface area contributed by atoms with Gasteiger partial charge in [-0.25, -0.2) is 4.79 Å². The van der Waals surface area contributed by atoms with E-state index in [1.165, 1.54) is 7.11 Å². The summed E-state index contributed by atoms with van der Waals surface area (Å²) < 4.78 is 11.5. The number of likely N-dealkylation sites (tertiary alicyclic amines) is 1. The van der Waals surface area contributed by atoms with Gasteiger partial charge in [-0.1, -0.05) is 54.4 Å². The Bertz CT molecular complexity index is 959. The van der Waals surface area contributed by atoms with Crippen molar-refractivity contribution in [2.45, 2.75) is 45.1 Å². The maximum atomic E-state index is 11.2. The molecular weight excluding hydrogens is 466 g/mol. The molecule has 0 aliphatic carbocycles. The van der Waals surface area contributed by atoms with Gasteiger partial charge in [-0.2, -0.15) is 0 Å². The largest absolute Gasteiger partial charge is 0.493 e. The minimum Gasteiger partial charge on any atom is -0.493 e. The smallest absolute Gasteiger partial charge is 0.404 e. The van der Waals surface area contributed by atoms with Gasteiger partial charge in [0.25, 0.3) is 0 Å². The quantitative estimate of drug-likeness (QED) is 0.307. The van der Waals surface area contributed by atoms with Crippen LogP contribution >= 0.6 is 11.6 Å². The van der Waals surface area contributed by atoms with Crippen molar-refractivity contribution >= 4 is 23.4 Å². The summed E-state index contributed by atoms with van der Waals surface area (Å²) in [7, 11) is 1.54. The number of carbonyl (C=O) groups excluding carboxylic acids is 1. The Labute approximate surface area is 213 Å². The van der Waals surface area contributed by atoms with Crippen LogP contribution in [0.1, 0.15) is 50.2 Å². The van der Waals surface area contributed by atoms with Crippen LogP contribution in [0.25, 0.3) is 0 Å². The second kappa shape index (κ2) is 14.0. The van der Waals surface area contributed by atoms with Gasteiger partial charge in [-0.15, -0.1) is 0 Å². The van der Waals surface area contributed by atoms with Crippen molar-refractivity contribution in [1.82, 2.24) is 4.90 Å². The fourth-order valence-corrected chi connectivity index (χ4v) is 4.45. The summed E-state index contributed by atoms with van der Waals surface area (Å²) in [4.78, 5) is 18.7. The number of nitrogens with zero attached hydrogens (tertiary/aromatic N) is 2. The van der Waals surface area contributed by atoms with Crippen molar-refractivity contribution in [3.63, 3.8) is 0 Å². The van der Waals surface area contributed by atoms with Gasteiger partial charge in [0.15, 0.2) is 0 Å². The normalized spacial score (nSPS) is 16.0. The third-order valence-electron chi connectivity index (χ3n) is 6.22. The number of primary amides is 1. The zero-order valence-corrected chi connectivity index (χ0v) is 21.4. The highest BCUT2D eigenvalue weighted by Gasteiger charge is 2.23. The van der Waals surface area contributed by atoms with E-state index in [4.69, 9.17) is 31.6 Å². The molecule has 1 aliphatic rings. The number of ether oxygens (including phenoxy) is 2. The van der Waals surface area contributed by atoms with Crippen LogP contribution in [0.2, 0.25) is 5.02 Å². The second-order valence-corrected chi connectivity index (χ2v) is 9.35. The molecule has 8 heteroatoms. The van der Waals surface area contributed by atoms with E-state index in [0.29, 0.717) is 17.5 Å². The van der Waals surface area contributed by atoms with Gasteiger partial charge in [-0.05, 0) is 69.0 Å². The summed E-state index contributed by atoms with van der Waals surface area (Å²) in [5.41, 5.74) is 7.80. The molecule has 2 aromatic rings. The van der Waals surface area contributed by atoms with Crippen LogP contribution in [0, 0.1) is 5.92 Å². The highest BCUT2D eigenvalue weighted by Crippen LogP contribution is 2.23. The number of rotatable bonds is 12. The summed E-state index contributed by atoms with van der Waals surface area (Å²) in [6.07, 6.45) is 4.20. The van der Waals surface area contributed by atoms with Crippen LogP contribution in [0.3, 0.4) is 0 Å². The lowest BCUT2D eigenvalue weighted by atomic mass is 9.97. The molecule has 1 saturated heterocycles. The fraction of sp³-hybridized carbons (Fsp3) is 0.481. The van der Waals surface area contributed by atoms with Crippen molar-refractivity contribution in [3.05, 3.63) is 64.7 Å². The minimum atomic E-state index is -0.689. The van der Waals surface area contributed by atoms with Crippen molar-refractivity contribution in [2.75, 3.05) is 33.4 Å². The zero-order chi connectivity index (χ0) is 25.0. The molecule has 7 nitrogen and oxygen atoms in total. The average Bonchev–Trinajstić information content (AvgIpc) is 2.86. The first-order valence-corrected chi connectivity index (χ1v) is 12.6. The van der Waals surface area contributed by atoms with Crippen LogP contribution in [0.4, 0.5) is 4.79 Å². The van der Waals surface area contributed by atoms with Crippen LogP contribution < -0.4 is 10.5 Å². The van der Waals surface area contributed by atoms with Gasteiger partial charge in [0.05, 0.1) is 6.61 Å². The van der Waals surface area contributed by atoms with E-state index >= 15 is 0 Å². The standard InChI is InChI=1S/C27H36ClN3O4/c1-3-4-7-25(35-27(29)32)18-31-15-13-20(14-16-31)19-34-24-8-5-6-22(17-24)26(30-33-2)21-9-11-23(28)12-10-21/h5-6,8-12,17,20,25H,3-4,7,13-16,18-19H2,1-2H3,(H2,29,32)/b30-26+/t25-/m0/s1. The number of hydrogen-bond donors (Lipinski definition) is 1. The molecule has 0 bridgehead atoms. The Hall–Kier alpha value is -2.77. The lowest BCUT2D eigenvalue weighted by Gasteiger charge is -2.33. The molecule has 0 spiro atoms. The molecule has 1 fully saturated rings. The molecule has 0 saturated carbocycles.